The van der Waals surface area contributed by atoms with Crippen LogP contribution in [-0.4, -0.2) is 66.0 Å². The van der Waals surface area contributed by atoms with E-state index in [0.29, 0.717) is 50.6 Å². The van der Waals surface area contributed by atoms with Crippen molar-refractivity contribution in [2.24, 2.45) is 11.8 Å². The maximum Gasteiger partial charge on any atom is 0.437 e. The van der Waals surface area contributed by atoms with Crippen LogP contribution in [0.2, 0.25) is 0 Å². The van der Waals surface area contributed by atoms with Gasteiger partial charge in [-0.2, -0.15) is 18.2 Å². The molecule has 2 aliphatic rings. The fraction of sp³-hybridized carbons (Fsp3) is 0.448. The standard InChI is InChI=1S/C29H32F4N6O3/c1-18-13-19(2)17-39(16-18)28-36-26(29(31,32)33)25(42-28)23(40)14-20-7-8-24(34-15-20)37-9-11-38(12-10-37)27(41)35-22-6-4-3-5-21(22)30/h3-8,15,18-19H,9-14,16-17H2,1-2H3,(H,35,41). The average Bonchev–Trinajstić information content (AvgIpc) is 3.41. The van der Waals surface area contributed by atoms with E-state index in [1.807, 2.05) is 18.7 Å². The topological polar surface area (TPSA) is 94.8 Å². The highest BCUT2D eigenvalue weighted by atomic mass is 19.4. The van der Waals surface area contributed by atoms with Crippen molar-refractivity contribution in [2.45, 2.75) is 32.9 Å². The molecule has 0 spiro atoms. The summed E-state index contributed by atoms with van der Waals surface area (Å²) in [5.74, 6) is -1.01. The first-order chi connectivity index (χ1) is 20.0. The molecular weight excluding hydrogens is 556 g/mol. The molecule has 1 aromatic carbocycles. The van der Waals surface area contributed by atoms with E-state index in [0.717, 1.165) is 6.42 Å². The number of carbonyl (C=O) groups excluding carboxylic acids is 2. The quantitative estimate of drug-likeness (QED) is 0.301. The summed E-state index contributed by atoms with van der Waals surface area (Å²) in [5, 5.41) is 2.57. The minimum atomic E-state index is -4.84. The van der Waals surface area contributed by atoms with E-state index >= 15 is 0 Å². The Kier molecular flexibility index (Phi) is 8.37. The average molecular weight is 589 g/mol. The number of hydrogen-bond acceptors (Lipinski definition) is 7. The van der Waals surface area contributed by atoms with Crippen LogP contribution in [0, 0.1) is 17.7 Å². The van der Waals surface area contributed by atoms with Crippen LogP contribution < -0.4 is 15.1 Å². The Bertz CT molecular complexity index is 1410. The molecule has 2 unspecified atom stereocenters. The predicted octanol–water partition coefficient (Wildman–Crippen LogP) is 5.49. The Balaban J connectivity index is 1.20. The number of alkyl halides is 3. The number of piperazine rings is 1. The fourth-order valence-electron chi connectivity index (χ4n) is 5.51. The molecule has 0 radical (unpaired) electrons. The zero-order chi connectivity index (χ0) is 30.0. The van der Waals surface area contributed by atoms with Gasteiger partial charge in [-0.1, -0.05) is 32.0 Å². The van der Waals surface area contributed by atoms with Gasteiger partial charge in [-0.3, -0.25) is 4.79 Å². The van der Waals surface area contributed by atoms with Gasteiger partial charge in [0.1, 0.15) is 11.6 Å². The van der Waals surface area contributed by atoms with Crippen molar-refractivity contribution in [3.63, 3.8) is 0 Å². The SMILES string of the molecule is CC1CC(C)CN(c2nc(C(F)(F)F)c(C(=O)Cc3ccc(N4CCN(C(=O)Nc5ccccc5F)CC4)nc3)o2)C1. The van der Waals surface area contributed by atoms with E-state index in [4.69, 9.17) is 4.42 Å². The number of oxazole rings is 1. The molecule has 3 aromatic rings. The molecule has 2 amide bonds. The number of carbonyl (C=O) groups is 2. The van der Waals surface area contributed by atoms with E-state index in [1.165, 1.54) is 18.3 Å². The van der Waals surface area contributed by atoms with Crippen molar-refractivity contribution < 1.29 is 31.6 Å². The molecule has 224 valence electrons. The predicted molar refractivity (Wildman–Crippen MR) is 148 cm³/mol. The number of benzene rings is 1. The minimum Gasteiger partial charge on any atom is -0.420 e. The second-order valence-corrected chi connectivity index (χ2v) is 11.0. The van der Waals surface area contributed by atoms with Crippen molar-refractivity contribution >= 4 is 29.3 Å². The fourth-order valence-corrected chi connectivity index (χ4v) is 5.51. The Labute approximate surface area is 240 Å². The summed E-state index contributed by atoms with van der Waals surface area (Å²) in [6.07, 6.45) is -2.76. The molecule has 42 heavy (non-hydrogen) atoms. The number of nitrogens with one attached hydrogen (secondary N) is 1. The van der Waals surface area contributed by atoms with Crippen molar-refractivity contribution in [3.8, 4) is 0 Å². The Hall–Kier alpha value is -4.16. The molecule has 2 aromatic heterocycles. The molecule has 0 saturated carbocycles. The Morgan fingerprint density at radius 3 is 2.31 bits per heavy atom. The highest BCUT2D eigenvalue weighted by Gasteiger charge is 2.42. The normalized spacial score (nSPS) is 19.6. The summed E-state index contributed by atoms with van der Waals surface area (Å²) >= 11 is 0. The Morgan fingerprint density at radius 1 is 1.00 bits per heavy atom. The van der Waals surface area contributed by atoms with Gasteiger partial charge in [0.25, 0.3) is 6.01 Å². The van der Waals surface area contributed by atoms with Gasteiger partial charge in [0.2, 0.25) is 11.5 Å². The van der Waals surface area contributed by atoms with Crippen LogP contribution in [0.5, 0.6) is 0 Å². The van der Waals surface area contributed by atoms with Crippen LogP contribution in [0.25, 0.3) is 0 Å². The van der Waals surface area contributed by atoms with Gasteiger partial charge in [0.05, 0.1) is 5.69 Å². The summed E-state index contributed by atoms with van der Waals surface area (Å²) in [5.41, 5.74) is -0.774. The number of urea groups is 1. The summed E-state index contributed by atoms with van der Waals surface area (Å²) in [7, 11) is 0. The third kappa shape index (κ3) is 6.66. The molecular formula is C29H32F4N6O3. The summed E-state index contributed by atoms with van der Waals surface area (Å²) < 4.78 is 60.7. The van der Waals surface area contributed by atoms with Crippen LogP contribution in [-0.2, 0) is 12.6 Å². The number of para-hydroxylation sites is 1. The number of halogens is 4. The van der Waals surface area contributed by atoms with Crippen molar-refractivity contribution in [3.05, 3.63) is 65.4 Å². The molecule has 1 N–H and O–H groups in total. The molecule has 2 aliphatic heterocycles. The number of nitrogens with zero attached hydrogens (tertiary/aromatic N) is 5. The van der Waals surface area contributed by atoms with Crippen LogP contribution in [0.1, 0.15) is 42.1 Å². The molecule has 0 aliphatic carbocycles. The van der Waals surface area contributed by atoms with Crippen molar-refractivity contribution in [1.29, 1.82) is 0 Å². The number of pyridine rings is 1. The molecule has 2 atom stereocenters. The maximum atomic E-state index is 13.9. The third-order valence-electron chi connectivity index (χ3n) is 7.46. The molecule has 13 heteroatoms. The number of hydrogen-bond donors (Lipinski definition) is 1. The van der Waals surface area contributed by atoms with Crippen LogP contribution in [0.3, 0.4) is 0 Å². The molecule has 2 saturated heterocycles. The number of amides is 2. The monoisotopic (exact) mass is 588 g/mol. The van der Waals surface area contributed by atoms with E-state index in [1.54, 1.807) is 34.1 Å². The number of Topliss-reactive ketones (excluding diaryl/α,β-unsaturated/α-hetero) is 1. The van der Waals surface area contributed by atoms with Crippen molar-refractivity contribution in [2.75, 3.05) is 54.4 Å². The third-order valence-corrected chi connectivity index (χ3v) is 7.46. The number of ketones is 1. The molecule has 4 heterocycles. The van der Waals surface area contributed by atoms with Crippen LogP contribution in [0.4, 0.5) is 39.9 Å². The lowest BCUT2D eigenvalue weighted by atomic mass is 9.92. The number of aromatic nitrogens is 2. The zero-order valence-electron chi connectivity index (χ0n) is 23.3. The minimum absolute atomic E-state index is 0.108. The van der Waals surface area contributed by atoms with Gasteiger partial charge in [-0.05, 0) is 42.0 Å². The first-order valence-corrected chi connectivity index (χ1v) is 13.8. The molecule has 5 rings (SSSR count). The lowest BCUT2D eigenvalue weighted by molar-refractivity contribution is -0.141. The second kappa shape index (κ2) is 12.0. The summed E-state index contributed by atoms with van der Waals surface area (Å²) in [6, 6.07) is 8.66. The largest absolute Gasteiger partial charge is 0.437 e. The zero-order valence-corrected chi connectivity index (χ0v) is 23.3. The van der Waals surface area contributed by atoms with E-state index < -0.39 is 35.3 Å². The number of rotatable bonds is 6. The number of anilines is 3. The molecule has 2 fully saturated rings. The van der Waals surface area contributed by atoms with Gasteiger partial charge in [0.15, 0.2) is 5.69 Å². The van der Waals surface area contributed by atoms with Crippen molar-refractivity contribution in [1.82, 2.24) is 14.9 Å². The first kappa shape index (κ1) is 29.3. The van der Waals surface area contributed by atoms with E-state index in [-0.39, 0.29) is 30.0 Å². The molecule has 9 nitrogen and oxygen atoms in total. The van der Waals surface area contributed by atoms with E-state index in [9.17, 15) is 27.2 Å². The lowest BCUT2D eigenvalue weighted by Crippen LogP contribution is -2.50. The van der Waals surface area contributed by atoms with Crippen LogP contribution >= 0.6 is 0 Å². The van der Waals surface area contributed by atoms with Gasteiger partial charge < -0.3 is 24.4 Å². The highest BCUT2D eigenvalue weighted by molar-refractivity contribution is 5.96. The molecule has 0 bridgehead atoms. The van der Waals surface area contributed by atoms with Crippen LogP contribution in [0.15, 0.2) is 47.0 Å². The Morgan fingerprint density at radius 2 is 1.69 bits per heavy atom. The van der Waals surface area contributed by atoms with E-state index in [2.05, 4.69) is 15.3 Å². The lowest BCUT2D eigenvalue weighted by Gasteiger charge is -2.35. The maximum absolute atomic E-state index is 13.9. The van der Waals surface area contributed by atoms with Gasteiger partial charge in [-0.25, -0.2) is 14.2 Å². The smallest absolute Gasteiger partial charge is 0.420 e. The first-order valence-electron chi connectivity index (χ1n) is 13.8. The highest BCUT2D eigenvalue weighted by Crippen LogP contribution is 2.36. The summed E-state index contributed by atoms with van der Waals surface area (Å²) in [4.78, 5) is 38.8. The van der Waals surface area contributed by atoms with Gasteiger partial charge >= 0.3 is 12.2 Å². The second-order valence-electron chi connectivity index (χ2n) is 11.0. The summed E-state index contributed by atoms with van der Waals surface area (Å²) in [6.45, 7) is 6.75. The number of piperidine rings is 1. The van der Waals surface area contributed by atoms with Gasteiger partial charge in [-0.15, -0.1) is 0 Å². The van der Waals surface area contributed by atoms with Gasteiger partial charge in [0, 0.05) is 51.9 Å².